The molecule has 3 aliphatic carbocycles. The topological polar surface area (TPSA) is 0 Å². The lowest BCUT2D eigenvalue weighted by atomic mass is 9.71. The summed E-state index contributed by atoms with van der Waals surface area (Å²) in [7, 11) is 0. The van der Waals surface area contributed by atoms with Crippen LogP contribution < -0.4 is 0 Å². The largest absolute Gasteiger partial charge is 0.0848 e. The molecule has 0 amide bonds. The lowest BCUT2D eigenvalue weighted by Gasteiger charge is -2.35. The maximum absolute atomic E-state index is 2.63. The van der Waals surface area contributed by atoms with Crippen molar-refractivity contribution < 1.29 is 0 Å². The van der Waals surface area contributed by atoms with Gasteiger partial charge in [0.25, 0.3) is 0 Å². The van der Waals surface area contributed by atoms with E-state index in [-0.39, 0.29) is 0 Å². The minimum atomic E-state index is 0.712. The summed E-state index contributed by atoms with van der Waals surface area (Å²) in [6, 6.07) is 9.37. The fourth-order valence-corrected chi connectivity index (χ4v) is 7.29. The van der Waals surface area contributed by atoms with E-state index in [0.717, 1.165) is 36.0 Å². The van der Waals surface area contributed by atoms with Gasteiger partial charge in [0.15, 0.2) is 0 Å². The summed E-state index contributed by atoms with van der Waals surface area (Å²) in [5.74, 6) is 5.39. The van der Waals surface area contributed by atoms with Gasteiger partial charge in [0.05, 0.1) is 0 Å². The molecule has 1 aromatic rings. The lowest BCUT2D eigenvalue weighted by Crippen LogP contribution is -2.23. The van der Waals surface area contributed by atoms with Gasteiger partial charge in [-0.2, -0.15) is 0 Å². The minimum Gasteiger partial charge on any atom is -0.0848 e. The van der Waals surface area contributed by atoms with E-state index in [2.05, 4.69) is 62.4 Å². The van der Waals surface area contributed by atoms with Crippen molar-refractivity contribution in [2.24, 2.45) is 35.5 Å². The van der Waals surface area contributed by atoms with Gasteiger partial charge in [0, 0.05) is 0 Å². The molecule has 0 heteroatoms. The van der Waals surface area contributed by atoms with Crippen molar-refractivity contribution in [2.75, 3.05) is 0 Å². The Hall–Kier alpha value is -1.30. The van der Waals surface area contributed by atoms with Crippen LogP contribution in [0, 0.1) is 35.5 Å². The molecule has 2 unspecified atom stereocenters. The SMILES string of the molecule is CCCCCC1CCC(C=CC2C=CC(C3CCC(CCc4ccc(CC)cc4)CC3)CC2)CC1. The zero-order valence-corrected chi connectivity index (χ0v) is 23.1. The number of hydrogen-bond donors (Lipinski definition) is 0. The van der Waals surface area contributed by atoms with E-state index >= 15 is 0 Å². The Balaban J connectivity index is 1.12. The second kappa shape index (κ2) is 14.4. The average molecular weight is 475 g/mol. The van der Waals surface area contributed by atoms with Gasteiger partial charge in [-0.15, -0.1) is 0 Å². The summed E-state index contributed by atoms with van der Waals surface area (Å²) in [4.78, 5) is 0. The fraction of sp³-hybridized carbons (Fsp3) is 0.714. The maximum atomic E-state index is 2.63. The number of aryl methyl sites for hydroxylation is 2. The van der Waals surface area contributed by atoms with Crippen LogP contribution in [0.1, 0.15) is 121 Å². The van der Waals surface area contributed by atoms with Crippen molar-refractivity contribution in [3.05, 3.63) is 59.7 Å². The number of allylic oxidation sites excluding steroid dienone is 4. The molecule has 0 radical (unpaired) electrons. The summed E-state index contributed by atoms with van der Waals surface area (Å²) in [6.07, 6.45) is 34.5. The first-order valence-corrected chi connectivity index (χ1v) is 15.7. The number of benzene rings is 1. The minimum absolute atomic E-state index is 0.712. The molecule has 2 atom stereocenters. The highest BCUT2D eigenvalue weighted by atomic mass is 14.3. The molecule has 0 spiro atoms. The number of rotatable bonds is 11. The van der Waals surface area contributed by atoms with Gasteiger partial charge in [-0.05, 0) is 117 Å². The van der Waals surface area contributed by atoms with Crippen LogP contribution in [0.5, 0.6) is 0 Å². The Morgan fingerprint density at radius 2 is 1.34 bits per heavy atom. The Labute approximate surface area is 218 Å². The molecule has 2 saturated carbocycles. The molecule has 2 fully saturated rings. The van der Waals surface area contributed by atoms with Crippen LogP contribution in [0.2, 0.25) is 0 Å². The molecule has 0 heterocycles. The first-order chi connectivity index (χ1) is 17.2. The van der Waals surface area contributed by atoms with Crippen molar-refractivity contribution in [3.63, 3.8) is 0 Å². The molecule has 4 rings (SSSR count). The first-order valence-electron chi connectivity index (χ1n) is 15.7. The monoisotopic (exact) mass is 474 g/mol. The van der Waals surface area contributed by atoms with Crippen LogP contribution in [0.3, 0.4) is 0 Å². The van der Waals surface area contributed by atoms with E-state index in [1.165, 1.54) is 108 Å². The van der Waals surface area contributed by atoms with Crippen molar-refractivity contribution in [2.45, 2.75) is 123 Å². The van der Waals surface area contributed by atoms with Crippen LogP contribution in [-0.4, -0.2) is 0 Å². The zero-order chi connectivity index (χ0) is 24.3. The van der Waals surface area contributed by atoms with Gasteiger partial charge in [0.1, 0.15) is 0 Å². The highest BCUT2D eigenvalue weighted by Crippen LogP contribution is 2.40. The Kier molecular flexibility index (Phi) is 11.0. The molecule has 0 saturated heterocycles. The Morgan fingerprint density at radius 3 is 2.00 bits per heavy atom. The fourth-order valence-electron chi connectivity index (χ4n) is 7.29. The van der Waals surface area contributed by atoms with Crippen LogP contribution in [0.15, 0.2) is 48.6 Å². The van der Waals surface area contributed by atoms with Crippen LogP contribution in [-0.2, 0) is 12.8 Å². The predicted molar refractivity (Wildman–Crippen MR) is 154 cm³/mol. The van der Waals surface area contributed by atoms with Gasteiger partial charge in [-0.3, -0.25) is 0 Å². The predicted octanol–water partition coefficient (Wildman–Crippen LogP) is 10.5. The van der Waals surface area contributed by atoms with Gasteiger partial charge in [-0.1, -0.05) is 101 Å². The molecule has 0 aliphatic heterocycles. The second-order valence-electron chi connectivity index (χ2n) is 12.4. The number of unbranched alkanes of at least 4 members (excludes halogenated alkanes) is 2. The molecular weight excluding hydrogens is 420 g/mol. The second-order valence-corrected chi connectivity index (χ2v) is 12.4. The third-order valence-corrected chi connectivity index (χ3v) is 9.95. The van der Waals surface area contributed by atoms with Gasteiger partial charge >= 0.3 is 0 Å². The Bertz CT molecular complexity index is 752. The van der Waals surface area contributed by atoms with E-state index < -0.39 is 0 Å². The average Bonchev–Trinajstić information content (AvgIpc) is 2.92. The van der Waals surface area contributed by atoms with Crippen molar-refractivity contribution in [3.8, 4) is 0 Å². The summed E-state index contributed by atoms with van der Waals surface area (Å²) in [6.45, 7) is 4.57. The van der Waals surface area contributed by atoms with Crippen molar-refractivity contribution >= 4 is 0 Å². The lowest BCUT2D eigenvalue weighted by molar-refractivity contribution is 0.208. The summed E-state index contributed by atoms with van der Waals surface area (Å²) >= 11 is 0. The van der Waals surface area contributed by atoms with Crippen LogP contribution in [0.25, 0.3) is 0 Å². The maximum Gasteiger partial charge on any atom is -0.00531 e. The van der Waals surface area contributed by atoms with Crippen LogP contribution >= 0.6 is 0 Å². The molecule has 1 aromatic carbocycles. The van der Waals surface area contributed by atoms with E-state index in [9.17, 15) is 0 Å². The van der Waals surface area contributed by atoms with Crippen molar-refractivity contribution in [1.29, 1.82) is 0 Å². The highest BCUT2D eigenvalue weighted by molar-refractivity contribution is 5.22. The summed E-state index contributed by atoms with van der Waals surface area (Å²) in [5, 5.41) is 0. The van der Waals surface area contributed by atoms with Gasteiger partial charge in [-0.25, -0.2) is 0 Å². The third-order valence-electron chi connectivity index (χ3n) is 9.95. The molecule has 0 nitrogen and oxygen atoms in total. The molecule has 0 N–H and O–H groups in total. The normalized spacial score (nSPS) is 31.7. The van der Waals surface area contributed by atoms with E-state index in [1.807, 2.05) is 0 Å². The van der Waals surface area contributed by atoms with Gasteiger partial charge < -0.3 is 0 Å². The molecule has 194 valence electrons. The summed E-state index contributed by atoms with van der Waals surface area (Å²) < 4.78 is 0. The van der Waals surface area contributed by atoms with Crippen LogP contribution in [0.4, 0.5) is 0 Å². The highest BCUT2D eigenvalue weighted by Gasteiger charge is 2.28. The number of hydrogen-bond acceptors (Lipinski definition) is 0. The molecular formula is C35H54. The standard InChI is InChI=1S/C35H54/c1-3-5-6-7-29-12-14-31(15-13-29)17-19-33-22-26-35(27-23-33)34-24-20-32(21-25-34)18-16-30-10-8-28(4-2)9-11-30/h8-11,17,19,22,26,29,31-35H,3-7,12-16,18,20-21,23-25,27H2,1-2H3. The molecule has 0 bridgehead atoms. The smallest absolute Gasteiger partial charge is 0.00531 e. The van der Waals surface area contributed by atoms with E-state index in [0.29, 0.717) is 5.92 Å². The molecule has 35 heavy (non-hydrogen) atoms. The quantitative estimate of drug-likeness (QED) is 0.221. The summed E-state index contributed by atoms with van der Waals surface area (Å²) in [5.41, 5.74) is 3.01. The zero-order valence-electron chi connectivity index (χ0n) is 23.1. The van der Waals surface area contributed by atoms with Gasteiger partial charge in [0.2, 0.25) is 0 Å². The van der Waals surface area contributed by atoms with E-state index in [1.54, 1.807) is 5.56 Å². The first kappa shape index (κ1) is 26.8. The molecule has 3 aliphatic rings. The van der Waals surface area contributed by atoms with E-state index in [4.69, 9.17) is 0 Å². The molecule has 0 aromatic heterocycles. The third kappa shape index (κ3) is 8.65. The van der Waals surface area contributed by atoms with Crippen molar-refractivity contribution in [1.82, 2.24) is 0 Å². The Morgan fingerprint density at radius 1 is 0.657 bits per heavy atom.